The lowest BCUT2D eigenvalue weighted by Crippen LogP contribution is -2.44. The Kier molecular flexibility index (Phi) is 5.92. The van der Waals surface area contributed by atoms with Crippen molar-refractivity contribution < 1.29 is 9.90 Å². The number of hydrogen-bond acceptors (Lipinski definition) is 3. The van der Waals surface area contributed by atoms with Gasteiger partial charge in [0, 0.05) is 18.6 Å². The Morgan fingerprint density at radius 3 is 2.53 bits per heavy atom. The van der Waals surface area contributed by atoms with Gasteiger partial charge in [0.2, 0.25) is 5.91 Å². The van der Waals surface area contributed by atoms with Gasteiger partial charge in [-0.1, -0.05) is 13.8 Å². The molecule has 1 atom stereocenters. The molecule has 0 aromatic heterocycles. The van der Waals surface area contributed by atoms with E-state index in [0.29, 0.717) is 18.5 Å². The molecule has 1 aliphatic rings. The zero-order valence-corrected chi connectivity index (χ0v) is 11.3. The lowest BCUT2D eigenvalue weighted by atomic mass is 10.0. The highest BCUT2D eigenvalue weighted by Gasteiger charge is 2.31. The van der Waals surface area contributed by atoms with Gasteiger partial charge in [0.05, 0.1) is 13.2 Å². The number of rotatable bonds is 8. The van der Waals surface area contributed by atoms with Crippen LogP contribution in [0, 0.1) is 5.92 Å². The number of nitrogens with zero attached hydrogens (tertiary/aromatic N) is 1. The van der Waals surface area contributed by atoms with Gasteiger partial charge in [-0.05, 0) is 32.1 Å². The molecule has 1 unspecified atom stereocenters. The zero-order chi connectivity index (χ0) is 12.8. The van der Waals surface area contributed by atoms with Crippen molar-refractivity contribution in [1.29, 1.82) is 0 Å². The Morgan fingerprint density at radius 2 is 2.12 bits per heavy atom. The van der Waals surface area contributed by atoms with E-state index < -0.39 is 0 Å². The summed E-state index contributed by atoms with van der Waals surface area (Å²) in [6, 6.07) is 0.517. The van der Waals surface area contributed by atoms with Crippen LogP contribution in [-0.2, 0) is 4.79 Å². The van der Waals surface area contributed by atoms with Gasteiger partial charge in [-0.15, -0.1) is 0 Å². The van der Waals surface area contributed by atoms with Gasteiger partial charge >= 0.3 is 0 Å². The van der Waals surface area contributed by atoms with E-state index in [9.17, 15) is 9.90 Å². The third kappa shape index (κ3) is 5.04. The van der Waals surface area contributed by atoms with E-state index in [-0.39, 0.29) is 18.6 Å². The molecule has 1 aliphatic carbocycles. The van der Waals surface area contributed by atoms with Gasteiger partial charge in [-0.25, -0.2) is 0 Å². The van der Waals surface area contributed by atoms with E-state index in [1.807, 2.05) is 11.8 Å². The standard InChI is InChI=1S/C13H26N2O2/c1-4-15(12-5-6-12)13(17)8-14-11(9-16)7-10(2)3/h10-12,14,16H,4-9H2,1-3H3. The Hall–Kier alpha value is -0.610. The molecule has 1 amide bonds. The Bertz CT molecular complexity index is 240. The summed E-state index contributed by atoms with van der Waals surface area (Å²) in [7, 11) is 0. The first-order valence-electron chi connectivity index (χ1n) is 6.72. The topological polar surface area (TPSA) is 52.6 Å². The first kappa shape index (κ1) is 14.5. The van der Waals surface area contributed by atoms with Crippen LogP contribution < -0.4 is 5.32 Å². The highest BCUT2D eigenvalue weighted by molar-refractivity contribution is 5.78. The molecule has 17 heavy (non-hydrogen) atoms. The van der Waals surface area contributed by atoms with Crippen molar-refractivity contribution in [3.05, 3.63) is 0 Å². The fourth-order valence-electron chi connectivity index (χ4n) is 2.15. The second kappa shape index (κ2) is 6.97. The third-order valence-electron chi connectivity index (χ3n) is 3.17. The van der Waals surface area contributed by atoms with E-state index in [4.69, 9.17) is 0 Å². The van der Waals surface area contributed by atoms with E-state index in [0.717, 1.165) is 25.8 Å². The van der Waals surface area contributed by atoms with Crippen LogP contribution in [0.25, 0.3) is 0 Å². The number of nitrogens with one attached hydrogen (secondary N) is 1. The van der Waals surface area contributed by atoms with Gasteiger partial charge in [0.1, 0.15) is 0 Å². The molecule has 4 nitrogen and oxygen atoms in total. The van der Waals surface area contributed by atoms with Crippen LogP contribution in [0.5, 0.6) is 0 Å². The number of aliphatic hydroxyl groups excluding tert-OH is 1. The lowest BCUT2D eigenvalue weighted by molar-refractivity contribution is -0.130. The maximum Gasteiger partial charge on any atom is 0.236 e. The molecular formula is C13H26N2O2. The normalized spacial score (nSPS) is 17.2. The minimum Gasteiger partial charge on any atom is -0.395 e. The summed E-state index contributed by atoms with van der Waals surface area (Å²) in [5.41, 5.74) is 0. The molecule has 0 heterocycles. The number of hydrogen-bond donors (Lipinski definition) is 2. The predicted molar refractivity (Wildman–Crippen MR) is 68.7 cm³/mol. The molecule has 1 fully saturated rings. The summed E-state index contributed by atoms with van der Waals surface area (Å²) in [6.45, 7) is 7.50. The molecule has 0 radical (unpaired) electrons. The molecule has 0 spiro atoms. The van der Waals surface area contributed by atoms with Gasteiger partial charge in [0.25, 0.3) is 0 Å². The summed E-state index contributed by atoms with van der Waals surface area (Å²) in [4.78, 5) is 13.9. The summed E-state index contributed by atoms with van der Waals surface area (Å²) >= 11 is 0. The highest BCUT2D eigenvalue weighted by Crippen LogP contribution is 2.26. The molecule has 0 aromatic carbocycles. The van der Waals surface area contributed by atoms with Gasteiger partial charge < -0.3 is 15.3 Å². The molecule has 100 valence electrons. The van der Waals surface area contributed by atoms with E-state index in [2.05, 4.69) is 19.2 Å². The lowest BCUT2D eigenvalue weighted by Gasteiger charge is -2.23. The largest absolute Gasteiger partial charge is 0.395 e. The number of carbonyl (C=O) groups is 1. The Labute approximate surface area is 104 Å². The number of aliphatic hydroxyl groups is 1. The van der Waals surface area contributed by atoms with Crippen LogP contribution in [0.4, 0.5) is 0 Å². The first-order chi connectivity index (χ1) is 8.08. The number of likely N-dealkylation sites (N-methyl/N-ethyl adjacent to an activating group) is 1. The SMILES string of the molecule is CCN(C(=O)CNC(CO)CC(C)C)C1CC1. The summed E-state index contributed by atoms with van der Waals surface area (Å²) in [5.74, 6) is 0.692. The van der Waals surface area contributed by atoms with Crippen LogP contribution >= 0.6 is 0 Å². The van der Waals surface area contributed by atoms with Gasteiger partial charge in [0.15, 0.2) is 0 Å². The fourth-order valence-corrected chi connectivity index (χ4v) is 2.15. The second-order valence-corrected chi connectivity index (χ2v) is 5.30. The molecule has 1 saturated carbocycles. The number of amides is 1. The monoisotopic (exact) mass is 242 g/mol. The van der Waals surface area contributed by atoms with Crippen LogP contribution in [0.2, 0.25) is 0 Å². The van der Waals surface area contributed by atoms with E-state index in [1.165, 1.54) is 0 Å². The molecule has 2 N–H and O–H groups in total. The van der Waals surface area contributed by atoms with E-state index in [1.54, 1.807) is 0 Å². The Morgan fingerprint density at radius 1 is 1.47 bits per heavy atom. The summed E-state index contributed by atoms with van der Waals surface area (Å²) < 4.78 is 0. The summed E-state index contributed by atoms with van der Waals surface area (Å²) in [6.07, 6.45) is 3.20. The van der Waals surface area contributed by atoms with Crippen LogP contribution in [0.1, 0.15) is 40.0 Å². The van der Waals surface area contributed by atoms with Crippen LogP contribution in [0.15, 0.2) is 0 Å². The molecule has 0 aliphatic heterocycles. The van der Waals surface area contributed by atoms with Crippen molar-refractivity contribution in [2.45, 2.75) is 52.1 Å². The summed E-state index contributed by atoms with van der Waals surface area (Å²) in [5, 5.41) is 12.4. The van der Waals surface area contributed by atoms with Crippen LogP contribution in [-0.4, -0.2) is 47.7 Å². The molecule has 1 rings (SSSR count). The first-order valence-corrected chi connectivity index (χ1v) is 6.72. The Balaban J connectivity index is 2.29. The highest BCUT2D eigenvalue weighted by atomic mass is 16.3. The van der Waals surface area contributed by atoms with Gasteiger partial charge in [-0.2, -0.15) is 0 Å². The van der Waals surface area contributed by atoms with Crippen molar-refractivity contribution in [3.8, 4) is 0 Å². The smallest absolute Gasteiger partial charge is 0.236 e. The average Bonchev–Trinajstić information content (AvgIpc) is 3.09. The maximum atomic E-state index is 11.9. The van der Waals surface area contributed by atoms with Gasteiger partial charge in [-0.3, -0.25) is 4.79 Å². The quantitative estimate of drug-likeness (QED) is 0.667. The van der Waals surface area contributed by atoms with Crippen LogP contribution in [0.3, 0.4) is 0 Å². The average molecular weight is 242 g/mol. The molecule has 0 aromatic rings. The zero-order valence-electron chi connectivity index (χ0n) is 11.3. The maximum absolute atomic E-state index is 11.9. The van der Waals surface area contributed by atoms with E-state index >= 15 is 0 Å². The molecule has 0 bridgehead atoms. The van der Waals surface area contributed by atoms with Crippen molar-refractivity contribution in [3.63, 3.8) is 0 Å². The fraction of sp³-hybridized carbons (Fsp3) is 0.923. The minimum absolute atomic E-state index is 0.0388. The van der Waals surface area contributed by atoms with Crippen molar-refractivity contribution in [2.75, 3.05) is 19.7 Å². The second-order valence-electron chi connectivity index (χ2n) is 5.30. The molecular weight excluding hydrogens is 216 g/mol. The number of carbonyl (C=O) groups excluding carboxylic acids is 1. The third-order valence-corrected chi connectivity index (χ3v) is 3.17. The van der Waals surface area contributed by atoms with Crippen molar-refractivity contribution in [1.82, 2.24) is 10.2 Å². The predicted octanol–water partition coefficient (Wildman–Crippen LogP) is 0.994. The van der Waals surface area contributed by atoms with Crippen molar-refractivity contribution in [2.24, 2.45) is 5.92 Å². The van der Waals surface area contributed by atoms with Crippen molar-refractivity contribution >= 4 is 5.91 Å². The molecule has 0 saturated heterocycles. The molecule has 4 heteroatoms. The minimum atomic E-state index is 0.0388.